The third kappa shape index (κ3) is 4.77. The van der Waals surface area contributed by atoms with E-state index in [2.05, 4.69) is 40.7 Å². The van der Waals surface area contributed by atoms with Crippen LogP contribution < -0.4 is 15.4 Å². The molecule has 29 heavy (non-hydrogen) atoms. The summed E-state index contributed by atoms with van der Waals surface area (Å²) in [5.74, 6) is 0.941. The van der Waals surface area contributed by atoms with Crippen molar-refractivity contribution < 1.29 is 14.3 Å². The summed E-state index contributed by atoms with van der Waals surface area (Å²) in [5.41, 5.74) is 3.42. The molecule has 2 aromatic rings. The van der Waals surface area contributed by atoms with Crippen molar-refractivity contribution in [2.75, 3.05) is 25.0 Å². The van der Waals surface area contributed by atoms with E-state index >= 15 is 0 Å². The lowest BCUT2D eigenvalue weighted by atomic mass is 9.99. The molecule has 0 aliphatic carbocycles. The molecule has 2 heterocycles. The molecular weight excluding hydrogens is 366 g/mol. The van der Waals surface area contributed by atoms with Crippen molar-refractivity contribution in [1.29, 1.82) is 0 Å². The van der Waals surface area contributed by atoms with Crippen LogP contribution in [0.25, 0.3) is 0 Å². The number of nitrogens with one attached hydrogen (secondary N) is 2. The van der Waals surface area contributed by atoms with Gasteiger partial charge in [0.25, 0.3) is 11.8 Å². The third-order valence-electron chi connectivity index (χ3n) is 5.57. The predicted octanol–water partition coefficient (Wildman–Crippen LogP) is 3.18. The van der Waals surface area contributed by atoms with E-state index in [1.807, 2.05) is 6.07 Å². The SMILES string of the molecule is CC1CCCN(Cc2ccccc2CNC(=O)c2ccc3c(c2)NC(=O)CO3)C1. The zero-order chi connectivity index (χ0) is 20.2. The summed E-state index contributed by atoms with van der Waals surface area (Å²) in [6.07, 6.45) is 2.55. The van der Waals surface area contributed by atoms with Crippen LogP contribution in [0, 0.1) is 5.92 Å². The first kappa shape index (κ1) is 19.5. The van der Waals surface area contributed by atoms with Gasteiger partial charge in [-0.05, 0) is 54.6 Å². The molecule has 1 atom stereocenters. The number of rotatable bonds is 5. The number of hydrogen-bond acceptors (Lipinski definition) is 4. The van der Waals surface area contributed by atoms with Crippen LogP contribution in [0.2, 0.25) is 0 Å². The summed E-state index contributed by atoms with van der Waals surface area (Å²) < 4.78 is 5.35. The van der Waals surface area contributed by atoms with Crippen molar-refractivity contribution in [1.82, 2.24) is 10.2 Å². The van der Waals surface area contributed by atoms with Gasteiger partial charge in [-0.1, -0.05) is 31.2 Å². The minimum atomic E-state index is -0.212. The fourth-order valence-electron chi connectivity index (χ4n) is 4.06. The van der Waals surface area contributed by atoms with E-state index in [0.717, 1.165) is 31.1 Å². The van der Waals surface area contributed by atoms with E-state index in [0.29, 0.717) is 23.5 Å². The largest absolute Gasteiger partial charge is 0.482 e. The first-order valence-electron chi connectivity index (χ1n) is 10.2. The maximum Gasteiger partial charge on any atom is 0.262 e. The zero-order valence-corrected chi connectivity index (χ0v) is 16.7. The number of anilines is 1. The van der Waals surface area contributed by atoms with E-state index in [4.69, 9.17) is 4.74 Å². The Bertz CT molecular complexity index is 912. The van der Waals surface area contributed by atoms with E-state index in [1.54, 1.807) is 18.2 Å². The number of benzene rings is 2. The molecule has 2 aliphatic rings. The molecular formula is C23H27N3O3. The molecule has 0 radical (unpaired) electrons. The van der Waals surface area contributed by atoms with Crippen LogP contribution in [0.15, 0.2) is 42.5 Å². The highest BCUT2D eigenvalue weighted by atomic mass is 16.5. The molecule has 0 bridgehead atoms. The van der Waals surface area contributed by atoms with E-state index in [1.165, 1.54) is 18.4 Å². The Labute approximate surface area is 171 Å². The maximum atomic E-state index is 12.7. The summed E-state index contributed by atoms with van der Waals surface area (Å²) in [4.78, 5) is 26.7. The molecule has 1 fully saturated rings. The number of piperidine rings is 1. The lowest BCUT2D eigenvalue weighted by Gasteiger charge is -2.31. The van der Waals surface area contributed by atoms with Crippen LogP contribution >= 0.6 is 0 Å². The maximum absolute atomic E-state index is 12.7. The molecule has 4 rings (SSSR count). The molecule has 0 spiro atoms. The van der Waals surface area contributed by atoms with Gasteiger partial charge in [0.1, 0.15) is 5.75 Å². The Morgan fingerprint density at radius 2 is 2.07 bits per heavy atom. The summed E-state index contributed by atoms with van der Waals surface area (Å²) in [7, 11) is 0. The minimum Gasteiger partial charge on any atom is -0.482 e. The Balaban J connectivity index is 1.41. The molecule has 2 amide bonds. The van der Waals surface area contributed by atoms with Gasteiger partial charge in [-0.3, -0.25) is 14.5 Å². The smallest absolute Gasteiger partial charge is 0.262 e. The van der Waals surface area contributed by atoms with Crippen molar-refractivity contribution >= 4 is 17.5 Å². The molecule has 2 aromatic carbocycles. The van der Waals surface area contributed by atoms with Crippen LogP contribution in [-0.4, -0.2) is 36.4 Å². The number of nitrogens with zero attached hydrogens (tertiary/aromatic N) is 1. The lowest BCUT2D eigenvalue weighted by molar-refractivity contribution is -0.118. The molecule has 6 heteroatoms. The van der Waals surface area contributed by atoms with Crippen LogP contribution in [0.3, 0.4) is 0 Å². The molecule has 1 unspecified atom stereocenters. The number of carbonyl (C=O) groups is 2. The fraction of sp³-hybridized carbons (Fsp3) is 0.391. The van der Waals surface area contributed by atoms with Crippen molar-refractivity contribution in [3.63, 3.8) is 0 Å². The zero-order valence-electron chi connectivity index (χ0n) is 16.7. The highest BCUT2D eigenvalue weighted by Crippen LogP contribution is 2.28. The monoisotopic (exact) mass is 393 g/mol. The molecule has 6 nitrogen and oxygen atoms in total. The van der Waals surface area contributed by atoms with Crippen LogP contribution in [-0.2, 0) is 17.9 Å². The Morgan fingerprint density at radius 1 is 1.24 bits per heavy atom. The number of ether oxygens (including phenoxy) is 1. The second kappa shape index (κ2) is 8.66. The van der Waals surface area contributed by atoms with E-state index in [-0.39, 0.29) is 18.4 Å². The predicted molar refractivity (Wildman–Crippen MR) is 112 cm³/mol. The van der Waals surface area contributed by atoms with Gasteiger partial charge in [-0.2, -0.15) is 0 Å². The van der Waals surface area contributed by atoms with Gasteiger partial charge in [-0.15, -0.1) is 0 Å². The van der Waals surface area contributed by atoms with Gasteiger partial charge < -0.3 is 15.4 Å². The Hall–Kier alpha value is -2.86. The standard InChI is InChI=1S/C23H27N3O3/c1-16-5-4-10-26(13-16)14-19-7-3-2-6-18(19)12-24-23(28)17-8-9-21-20(11-17)25-22(27)15-29-21/h2-3,6-9,11,16H,4-5,10,12-15H2,1H3,(H,24,28)(H,25,27). The number of likely N-dealkylation sites (tertiary alicyclic amines) is 1. The van der Waals surface area contributed by atoms with Crippen molar-refractivity contribution in [3.05, 3.63) is 59.2 Å². The number of hydrogen-bond donors (Lipinski definition) is 2. The number of fused-ring (bicyclic) bond motifs is 1. The first-order valence-corrected chi connectivity index (χ1v) is 10.2. The molecule has 0 aromatic heterocycles. The van der Waals surface area contributed by atoms with Crippen molar-refractivity contribution in [2.24, 2.45) is 5.92 Å². The summed E-state index contributed by atoms with van der Waals surface area (Å²) in [6, 6.07) is 13.4. The van der Waals surface area contributed by atoms with Gasteiger partial charge in [0.15, 0.2) is 6.61 Å². The Kier molecular flexibility index (Phi) is 5.81. The van der Waals surface area contributed by atoms with Gasteiger partial charge >= 0.3 is 0 Å². The third-order valence-corrected chi connectivity index (χ3v) is 5.57. The molecule has 1 saturated heterocycles. The lowest BCUT2D eigenvalue weighted by Crippen LogP contribution is -2.34. The summed E-state index contributed by atoms with van der Waals surface area (Å²) >= 11 is 0. The molecule has 152 valence electrons. The topological polar surface area (TPSA) is 70.7 Å². The number of amides is 2. The summed E-state index contributed by atoms with van der Waals surface area (Å²) in [6.45, 7) is 5.96. The molecule has 2 aliphatic heterocycles. The molecule has 2 N–H and O–H groups in total. The van der Waals surface area contributed by atoms with Gasteiger partial charge in [-0.25, -0.2) is 0 Å². The van der Waals surface area contributed by atoms with Gasteiger partial charge in [0.05, 0.1) is 5.69 Å². The highest BCUT2D eigenvalue weighted by Gasteiger charge is 2.19. The average Bonchev–Trinajstić information content (AvgIpc) is 2.72. The fourth-order valence-corrected chi connectivity index (χ4v) is 4.06. The van der Waals surface area contributed by atoms with Crippen molar-refractivity contribution in [3.8, 4) is 5.75 Å². The second-order valence-electron chi connectivity index (χ2n) is 7.98. The van der Waals surface area contributed by atoms with Gasteiger partial charge in [0, 0.05) is 25.2 Å². The van der Waals surface area contributed by atoms with Crippen molar-refractivity contribution in [2.45, 2.75) is 32.9 Å². The minimum absolute atomic E-state index is 0.00508. The second-order valence-corrected chi connectivity index (χ2v) is 7.98. The normalized spacial score (nSPS) is 19.1. The Morgan fingerprint density at radius 3 is 2.90 bits per heavy atom. The molecule has 0 saturated carbocycles. The summed E-state index contributed by atoms with van der Waals surface area (Å²) in [5, 5.41) is 5.75. The average molecular weight is 393 g/mol. The van der Waals surface area contributed by atoms with E-state index < -0.39 is 0 Å². The van der Waals surface area contributed by atoms with Crippen LogP contribution in [0.5, 0.6) is 5.75 Å². The van der Waals surface area contributed by atoms with Gasteiger partial charge in [0.2, 0.25) is 0 Å². The van der Waals surface area contributed by atoms with E-state index in [9.17, 15) is 9.59 Å². The highest BCUT2D eigenvalue weighted by molar-refractivity contribution is 5.99. The quantitative estimate of drug-likeness (QED) is 0.819. The first-order chi connectivity index (χ1) is 14.1. The number of carbonyl (C=O) groups excluding carboxylic acids is 2. The van der Waals surface area contributed by atoms with Crippen LogP contribution in [0.1, 0.15) is 41.3 Å². The van der Waals surface area contributed by atoms with Crippen LogP contribution in [0.4, 0.5) is 5.69 Å².